The first-order valence-corrected chi connectivity index (χ1v) is 5.02. The molecule has 0 saturated heterocycles. The van der Waals surface area contributed by atoms with Gasteiger partial charge < -0.3 is 21.5 Å². The lowest BCUT2D eigenvalue weighted by atomic mass is 10.3. The monoisotopic (exact) mass is 243 g/mol. The van der Waals surface area contributed by atoms with Gasteiger partial charge in [-0.15, -0.1) is 0 Å². The van der Waals surface area contributed by atoms with Crippen molar-refractivity contribution in [1.82, 2.24) is 9.97 Å². The molecule has 7 nitrogen and oxygen atoms in total. The number of hydrogen-bond acceptors (Lipinski definition) is 6. The maximum Gasteiger partial charge on any atom is 0.248 e. The van der Waals surface area contributed by atoms with Gasteiger partial charge in [0, 0.05) is 6.54 Å². The molecular weight excluding hydrogens is 229 g/mol. The van der Waals surface area contributed by atoms with Crippen LogP contribution in [0.5, 0.6) is 0 Å². The molecule has 0 aliphatic rings. The van der Waals surface area contributed by atoms with Crippen LogP contribution in [0.1, 0.15) is 6.92 Å². The molecule has 1 aromatic rings. The van der Waals surface area contributed by atoms with Crippen molar-refractivity contribution in [2.45, 2.75) is 13.0 Å². The number of carbonyl (C=O) groups excluding carboxylic acids is 1. The molecule has 1 amide bonds. The quantitative estimate of drug-likeness (QED) is 0.525. The molecule has 1 atom stereocenters. The van der Waals surface area contributed by atoms with Gasteiger partial charge in [-0.2, -0.15) is 4.98 Å². The summed E-state index contributed by atoms with van der Waals surface area (Å²) in [5.41, 5.74) is 4.85. The first-order chi connectivity index (χ1) is 8.04. The largest absolute Gasteiger partial charge is 0.381 e. The summed E-state index contributed by atoms with van der Waals surface area (Å²) in [6, 6.07) is 0. The van der Waals surface area contributed by atoms with E-state index in [4.69, 9.17) is 10.8 Å². The lowest BCUT2D eigenvalue weighted by Crippen LogP contribution is -2.34. The van der Waals surface area contributed by atoms with Crippen molar-refractivity contribution in [2.24, 2.45) is 5.73 Å². The molecular formula is C9H14FN5O2. The van der Waals surface area contributed by atoms with E-state index in [2.05, 4.69) is 20.6 Å². The second kappa shape index (κ2) is 5.94. The Bertz CT molecular complexity index is 401. The third-order valence-electron chi connectivity index (χ3n) is 1.87. The lowest BCUT2D eigenvalue weighted by Gasteiger charge is -2.10. The Morgan fingerprint density at radius 2 is 2.35 bits per heavy atom. The van der Waals surface area contributed by atoms with Crippen molar-refractivity contribution < 1.29 is 14.3 Å². The molecule has 0 aromatic carbocycles. The molecule has 94 valence electrons. The third kappa shape index (κ3) is 3.83. The number of aliphatic hydroxyl groups excluding tert-OH is 1. The highest BCUT2D eigenvalue weighted by Gasteiger charge is 2.12. The number of nitrogens with zero attached hydrogens (tertiary/aromatic N) is 2. The average Bonchev–Trinajstić information content (AvgIpc) is 2.29. The van der Waals surface area contributed by atoms with Crippen LogP contribution in [0, 0.1) is 5.82 Å². The van der Waals surface area contributed by atoms with Gasteiger partial charge in [0.25, 0.3) is 0 Å². The van der Waals surface area contributed by atoms with Crippen LogP contribution in [-0.4, -0.2) is 40.2 Å². The fourth-order valence-corrected chi connectivity index (χ4v) is 1.03. The van der Waals surface area contributed by atoms with E-state index in [1.165, 1.54) is 0 Å². The van der Waals surface area contributed by atoms with Gasteiger partial charge >= 0.3 is 0 Å². The van der Waals surface area contributed by atoms with E-state index in [-0.39, 0.29) is 18.3 Å². The molecule has 0 aliphatic heterocycles. The van der Waals surface area contributed by atoms with Crippen LogP contribution >= 0.6 is 0 Å². The molecule has 1 unspecified atom stereocenters. The molecule has 1 aromatic heterocycles. The molecule has 1 heterocycles. The SMILES string of the molecule is CCNc1ncc(F)c(NCC(O)C(N)=O)n1. The Balaban J connectivity index is 2.69. The number of carbonyl (C=O) groups is 1. The minimum Gasteiger partial charge on any atom is -0.381 e. The molecule has 0 bridgehead atoms. The van der Waals surface area contributed by atoms with Gasteiger partial charge in [0.15, 0.2) is 11.6 Å². The van der Waals surface area contributed by atoms with E-state index in [0.29, 0.717) is 6.54 Å². The van der Waals surface area contributed by atoms with Gasteiger partial charge in [0.1, 0.15) is 6.10 Å². The van der Waals surface area contributed by atoms with E-state index in [1.54, 1.807) is 0 Å². The summed E-state index contributed by atoms with van der Waals surface area (Å²) in [5.74, 6) is -1.41. The van der Waals surface area contributed by atoms with Crippen molar-refractivity contribution in [3.63, 3.8) is 0 Å². The number of anilines is 2. The smallest absolute Gasteiger partial charge is 0.248 e. The first-order valence-electron chi connectivity index (χ1n) is 5.02. The zero-order chi connectivity index (χ0) is 12.8. The topological polar surface area (TPSA) is 113 Å². The Morgan fingerprint density at radius 1 is 1.65 bits per heavy atom. The fourth-order valence-electron chi connectivity index (χ4n) is 1.03. The number of rotatable bonds is 6. The highest BCUT2D eigenvalue weighted by molar-refractivity contribution is 5.79. The van der Waals surface area contributed by atoms with E-state index >= 15 is 0 Å². The van der Waals surface area contributed by atoms with Crippen LogP contribution in [-0.2, 0) is 4.79 Å². The van der Waals surface area contributed by atoms with E-state index in [0.717, 1.165) is 6.20 Å². The van der Waals surface area contributed by atoms with Crippen molar-refractivity contribution >= 4 is 17.7 Å². The maximum absolute atomic E-state index is 13.2. The number of hydrogen-bond donors (Lipinski definition) is 4. The summed E-state index contributed by atoms with van der Waals surface area (Å²) in [7, 11) is 0. The minimum atomic E-state index is -1.40. The highest BCUT2D eigenvalue weighted by Crippen LogP contribution is 2.11. The normalized spacial score (nSPS) is 11.9. The number of aliphatic hydroxyl groups is 1. The zero-order valence-electron chi connectivity index (χ0n) is 9.27. The molecule has 8 heteroatoms. The molecule has 0 radical (unpaired) electrons. The summed E-state index contributed by atoms with van der Waals surface area (Å²) < 4.78 is 13.2. The van der Waals surface area contributed by atoms with Crippen LogP contribution in [0.3, 0.4) is 0 Å². The minimum absolute atomic E-state index is 0.101. The van der Waals surface area contributed by atoms with Gasteiger partial charge in [-0.25, -0.2) is 9.37 Å². The summed E-state index contributed by atoms with van der Waals surface area (Å²) in [6.45, 7) is 2.22. The second-order valence-electron chi connectivity index (χ2n) is 3.22. The highest BCUT2D eigenvalue weighted by atomic mass is 19.1. The van der Waals surface area contributed by atoms with Crippen molar-refractivity contribution in [3.8, 4) is 0 Å². The van der Waals surface area contributed by atoms with Crippen molar-refractivity contribution in [3.05, 3.63) is 12.0 Å². The standard InChI is InChI=1S/C9H14FN5O2/c1-2-12-9-14-3-5(10)8(15-9)13-4-6(16)7(11)17/h3,6,16H,2,4H2,1H3,(H2,11,17)(H2,12,13,14,15). The predicted octanol–water partition coefficient (Wildman–Crippen LogP) is -0.694. The fraction of sp³-hybridized carbons (Fsp3) is 0.444. The van der Waals surface area contributed by atoms with Gasteiger partial charge in [0.05, 0.1) is 12.7 Å². The van der Waals surface area contributed by atoms with Crippen molar-refractivity contribution in [1.29, 1.82) is 0 Å². The molecule has 5 N–H and O–H groups in total. The second-order valence-corrected chi connectivity index (χ2v) is 3.22. The Labute approximate surface area is 97.3 Å². The maximum atomic E-state index is 13.2. The van der Waals surface area contributed by atoms with Crippen LogP contribution in [0.4, 0.5) is 16.2 Å². The molecule has 0 aliphatic carbocycles. The summed E-state index contributed by atoms with van der Waals surface area (Å²) in [6.07, 6.45) is -0.406. The number of primary amides is 1. The molecule has 0 fully saturated rings. The first kappa shape index (κ1) is 13.1. The summed E-state index contributed by atoms with van der Waals surface area (Å²) in [5, 5.41) is 14.4. The number of halogens is 1. The van der Waals surface area contributed by atoms with Gasteiger partial charge in [-0.1, -0.05) is 0 Å². The van der Waals surface area contributed by atoms with Gasteiger partial charge in [-0.05, 0) is 6.92 Å². The lowest BCUT2D eigenvalue weighted by molar-refractivity contribution is -0.125. The van der Waals surface area contributed by atoms with Crippen LogP contribution < -0.4 is 16.4 Å². The van der Waals surface area contributed by atoms with Gasteiger partial charge in [-0.3, -0.25) is 4.79 Å². The van der Waals surface area contributed by atoms with E-state index < -0.39 is 17.8 Å². The Kier molecular flexibility index (Phi) is 4.58. The van der Waals surface area contributed by atoms with Crippen LogP contribution in [0.15, 0.2) is 6.20 Å². The van der Waals surface area contributed by atoms with Crippen molar-refractivity contribution in [2.75, 3.05) is 23.7 Å². The van der Waals surface area contributed by atoms with E-state index in [9.17, 15) is 9.18 Å². The number of amides is 1. The number of nitrogens with two attached hydrogens (primary N) is 1. The van der Waals surface area contributed by atoms with E-state index in [1.807, 2.05) is 6.92 Å². The summed E-state index contributed by atoms with van der Waals surface area (Å²) >= 11 is 0. The zero-order valence-corrected chi connectivity index (χ0v) is 9.27. The number of aromatic nitrogens is 2. The molecule has 0 spiro atoms. The van der Waals surface area contributed by atoms with Gasteiger partial charge in [0.2, 0.25) is 11.9 Å². The summed E-state index contributed by atoms with van der Waals surface area (Å²) in [4.78, 5) is 18.1. The third-order valence-corrected chi connectivity index (χ3v) is 1.87. The molecule has 0 saturated carbocycles. The van der Waals surface area contributed by atoms with Crippen LogP contribution in [0.25, 0.3) is 0 Å². The van der Waals surface area contributed by atoms with Crippen LogP contribution in [0.2, 0.25) is 0 Å². The average molecular weight is 243 g/mol. The number of nitrogens with one attached hydrogen (secondary N) is 2. The predicted molar refractivity (Wildman–Crippen MR) is 59.8 cm³/mol. The Hall–Kier alpha value is -1.96. The molecule has 17 heavy (non-hydrogen) atoms. The Morgan fingerprint density at radius 3 is 2.94 bits per heavy atom. The molecule has 1 rings (SSSR count).